The summed E-state index contributed by atoms with van der Waals surface area (Å²) in [6.07, 6.45) is 2.31. The van der Waals surface area contributed by atoms with E-state index in [9.17, 15) is 5.11 Å². The first-order valence-electron chi connectivity index (χ1n) is 6.88. The van der Waals surface area contributed by atoms with E-state index >= 15 is 0 Å². The minimum Gasteiger partial charge on any atom is -0.386 e. The van der Waals surface area contributed by atoms with Gasteiger partial charge in [0.15, 0.2) is 0 Å². The summed E-state index contributed by atoms with van der Waals surface area (Å²) >= 11 is 0. The monoisotopic (exact) mass is 250 g/mol. The predicted molar refractivity (Wildman–Crippen MR) is 75.6 cm³/mol. The fourth-order valence-corrected chi connectivity index (χ4v) is 2.28. The maximum atomic E-state index is 10.3. The van der Waals surface area contributed by atoms with Gasteiger partial charge in [0.25, 0.3) is 0 Å². The van der Waals surface area contributed by atoms with Gasteiger partial charge >= 0.3 is 0 Å². The topological polar surface area (TPSA) is 29.5 Å². The van der Waals surface area contributed by atoms with Crippen molar-refractivity contribution < 1.29 is 9.84 Å². The van der Waals surface area contributed by atoms with Gasteiger partial charge in [0.05, 0.1) is 6.10 Å². The Morgan fingerprint density at radius 1 is 1.28 bits per heavy atom. The second kappa shape index (κ2) is 7.55. The van der Waals surface area contributed by atoms with Gasteiger partial charge in [-0.1, -0.05) is 51.5 Å². The van der Waals surface area contributed by atoms with Gasteiger partial charge in [-0.2, -0.15) is 0 Å². The van der Waals surface area contributed by atoms with E-state index in [1.54, 1.807) is 7.11 Å². The van der Waals surface area contributed by atoms with Crippen molar-refractivity contribution >= 4 is 0 Å². The zero-order chi connectivity index (χ0) is 13.5. The number of methoxy groups -OCH3 is 1. The van der Waals surface area contributed by atoms with E-state index in [1.165, 1.54) is 5.56 Å². The Morgan fingerprint density at radius 3 is 2.56 bits per heavy atom. The summed E-state index contributed by atoms with van der Waals surface area (Å²) in [4.78, 5) is 0. The second-order valence-electron chi connectivity index (χ2n) is 5.35. The average Bonchev–Trinajstić information content (AvgIpc) is 2.34. The van der Waals surface area contributed by atoms with Crippen LogP contribution in [0.2, 0.25) is 0 Å². The van der Waals surface area contributed by atoms with Crippen LogP contribution in [0, 0.1) is 5.92 Å². The average molecular weight is 250 g/mol. The minimum atomic E-state index is -0.526. The van der Waals surface area contributed by atoms with Crippen LogP contribution < -0.4 is 0 Å². The first-order chi connectivity index (χ1) is 8.58. The molecule has 0 aliphatic heterocycles. The van der Waals surface area contributed by atoms with E-state index < -0.39 is 6.10 Å². The maximum Gasteiger partial charge on any atom is 0.105 e. The molecule has 0 radical (unpaired) electrons. The lowest BCUT2D eigenvalue weighted by atomic mass is 9.96. The van der Waals surface area contributed by atoms with Crippen molar-refractivity contribution in [1.29, 1.82) is 0 Å². The van der Waals surface area contributed by atoms with Crippen LogP contribution in [0.15, 0.2) is 24.3 Å². The molecule has 0 amide bonds. The number of rotatable bonds is 7. The molecule has 102 valence electrons. The van der Waals surface area contributed by atoms with Gasteiger partial charge in [-0.25, -0.2) is 0 Å². The van der Waals surface area contributed by atoms with Crippen LogP contribution in [-0.2, 0) is 11.2 Å². The number of aliphatic hydroxyl groups is 1. The van der Waals surface area contributed by atoms with Gasteiger partial charge in [0.1, 0.15) is 6.10 Å². The van der Waals surface area contributed by atoms with Gasteiger partial charge in [-0.3, -0.25) is 0 Å². The highest BCUT2D eigenvalue weighted by Gasteiger charge is 2.19. The standard InChI is InChI=1S/C16H26O2/c1-5-7-15(18-4)16(17)14-9-6-8-13(11-14)10-12(2)3/h6,8-9,11-12,15-17H,5,7,10H2,1-4H3. The summed E-state index contributed by atoms with van der Waals surface area (Å²) in [6.45, 7) is 6.52. The van der Waals surface area contributed by atoms with E-state index in [1.807, 2.05) is 12.1 Å². The van der Waals surface area contributed by atoms with E-state index in [-0.39, 0.29) is 6.10 Å². The van der Waals surface area contributed by atoms with E-state index in [0.717, 1.165) is 24.8 Å². The fourth-order valence-electron chi connectivity index (χ4n) is 2.28. The predicted octanol–water partition coefficient (Wildman–Crippen LogP) is 3.73. The summed E-state index contributed by atoms with van der Waals surface area (Å²) in [6, 6.07) is 8.23. The first-order valence-corrected chi connectivity index (χ1v) is 6.88. The van der Waals surface area contributed by atoms with Crippen molar-refractivity contribution in [2.24, 2.45) is 5.92 Å². The summed E-state index contributed by atoms with van der Waals surface area (Å²) in [5.74, 6) is 0.631. The lowest BCUT2D eigenvalue weighted by Crippen LogP contribution is -2.20. The van der Waals surface area contributed by atoms with Crippen LogP contribution >= 0.6 is 0 Å². The summed E-state index contributed by atoms with van der Waals surface area (Å²) < 4.78 is 5.38. The first kappa shape index (κ1) is 15.2. The molecule has 0 bridgehead atoms. The number of benzene rings is 1. The number of hydrogen-bond acceptors (Lipinski definition) is 2. The lowest BCUT2D eigenvalue weighted by molar-refractivity contribution is -0.0180. The Bertz CT molecular complexity index is 347. The highest BCUT2D eigenvalue weighted by atomic mass is 16.5. The van der Waals surface area contributed by atoms with Crippen LogP contribution in [-0.4, -0.2) is 18.3 Å². The zero-order valence-corrected chi connectivity index (χ0v) is 12.0. The normalized spacial score (nSPS) is 14.8. The van der Waals surface area contributed by atoms with Crippen LogP contribution in [0.5, 0.6) is 0 Å². The molecule has 2 heteroatoms. The van der Waals surface area contributed by atoms with Crippen LogP contribution in [0.25, 0.3) is 0 Å². The Morgan fingerprint density at radius 2 is 2.00 bits per heavy atom. The smallest absolute Gasteiger partial charge is 0.105 e. The molecule has 1 aromatic rings. The molecule has 1 aromatic carbocycles. The van der Waals surface area contributed by atoms with Crippen molar-refractivity contribution in [2.75, 3.05) is 7.11 Å². The lowest BCUT2D eigenvalue weighted by Gasteiger charge is -2.22. The SMILES string of the molecule is CCCC(OC)C(O)c1cccc(CC(C)C)c1. The highest BCUT2D eigenvalue weighted by molar-refractivity contribution is 5.26. The molecular weight excluding hydrogens is 224 g/mol. The quantitative estimate of drug-likeness (QED) is 0.799. The molecule has 0 aliphatic rings. The fraction of sp³-hybridized carbons (Fsp3) is 0.625. The number of ether oxygens (including phenoxy) is 1. The van der Waals surface area contributed by atoms with E-state index in [4.69, 9.17) is 4.74 Å². The molecule has 0 aromatic heterocycles. The molecule has 18 heavy (non-hydrogen) atoms. The van der Waals surface area contributed by atoms with Gasteiger partial charge in [-0.15, -0.1) is 0 Å². The molecule has 2 atom stereocenters. The molecular formula is C16H26O2. The second-order valence-corrected chi connectivity index (χ2v) is 5.35. The Balaban J connectivity index is 2.81. The molecule has 2 unspecified atom stereocenters. The van der Waals surface area contributed by atoms with Crippen LogP contribution in [0.4, 0.5) is 0 Å². The molecule has 0 fully saturated rings. The molecule has 0 aliphatic carbocycles. The van der Waals surface area contributed by atoms with Crippen molar-refractivity contribution in [3.63, 3.8) is 0 Å². The van der Waals surface area contributed by atoms with Gasteiger partial charge < -0.3 is 9.84 Å². The summed E-state index contributed by atoms with van der Waals surface area (Å²) in [5.41, 5.74) is 2.25. The minimum absolute atomic E-state index is 0.107. The third-order valence-electron chi connectivity index (χ3n) is 3.16. The van der Waals surface area contributed by atoms with Crippen LogP contribution in [0.3, 0.4) is 0 Å². The maximum absolute atomic E-state index is 10.3. The highest BCUT2D eigenvalue weighted by Crippen LogP contribution is 2.23. The number of aliphatic hydroxyl groups excluding tert-OH is 1. The number of hydrogen-bond donors (Lipinski definition) is 1. The molecule has 0 spiro atoms. The third kappa shape index (κ3) is 4.43. The van der Waals surface area contributed by atoms with Crippen molar-refractivity contribution in [3.8, 4) is 0 Å². The zero-order valence-electron chi connectivity index (χ0n) is 12.0. The Labute approximate surface area is 111 Å². The molecule has 1 rings (SSSR count). The van der Waals surface area contributed by atoms with Crippen molar-refractivity contribution in [3.05, 3.63) is 35.4 Å². The van der Waals surface area contributed by atoms with Gasteiger partial charge in [-0.05, 0) is 29.9 Å². The Hall–Kier alpha value is -0.860. The molecule has 0 heterocycles. The molecule has 0 saturated carbocycles. The summed E-state index contributed by atoms with van der Waals surface area (Å²) in [5, 5.41) is 10.3. The summed E-state index contributed by atoms with van der Waals surface area (Å²) in [7, 11) is 1.67. The molecule has 1 N–H and O–H groups in total. The van der Waals surface area contributed by atoms with Crippen molar-refractivity contribution in [2.45, 2.75) is 52.2 Å². The van der Waals surface area contributed by atoms with E-state index in [2.05, 4.69) is 32.9 Å². The van der Waals surface area contributed by atoms with E-state index in [0.29, 0.717) is 5.92 Å². The third-order valence-corrected chi connectivity index (χ3v) is 3.16. The molecule has 0 saturated heterocycles. The van der Waals surface area contributed by atoms with Gasteiger partial charge in [0.2, 0.25) is 0 Å². The Kier molecular flexibility index (Phi) is 6.37. The van der Waals surface area contributed by atoms with Crippen molar-refractivity contribution in [1.82, 2.24) is 0 Å². The van der Waals surface area contributed by atoms with Crippen LogP contribution in [0.1, 0.15) is 50.8 Å². The largest absolute Gasteiger partial charge is 0.386 e. The molecule has 2 nitrogen and oxygen atoms in total. The van der Waals surface area contributed by atoms with Gasteiger partial charge in [0, 0.05) is 7.11 Å².